The minimum absolute atomic E-state index is 0.0143. The van der Waals surface area contributed by atoms with Gasteiger partial charge in [0.05, 0.1) is 31.0 Å². The molecule has 0 fully saturated rings. The van der Waals surface area contributed by atoms with Gasteiger partial charge in [0, 0.05) is 6.42 Å². The van der Waals surface area contributed by atoms with Crippen molar-refractivity contribution < 1.29 is 24.2 Å². The molecule has 0 saturated carbocycles. The van der Waals surface area contributed by atoms with Crippen LogP contribution in [0.1, 0.15) is 43.2 Å². The minimum atomic E-state index is -0.545. The fourth-order valence-electron chi connectivity index (χ4n) is 4.50. The molecule has 0 aromatic heterocycles. The molecule has 0 radical (unpaired) electrons. The van der Waals surface area contributed by atoms with Crippen molar-refractivity contribution in [3.8, 4) is 0 Å². The lowest BCUT2D eigenvalue weighted by molar-refractivity contribution is -0.149. The first-order valence-corrected chi connectivity index (χ1v) is 13.1. The highest BCUT2D eigenvalue weighted by molar-refractivity contribution is 5.86. The zero-order chi connectivity index (χ0) is 26.3. The molecule has 2 amide bonds. The number of aliphatic hydroxyl groups is 1. The number of cyclic esters (lactones) is 1. The van der Waals surface area contributed by atoms with Gasteiger partial charge in [0.15, 0.2) is 0 Å². The Morgan fingerprint density at radius 2 is 1.70 bits per heavy atom. The molecule has 7 nitrogen and oxygen atoms in total. The number of amides is 2. The Labute approximate surface area is 219 Å². The first kappa shape index (κ1) is 28.1. The number of allylic oxidation sites excluding steroid dienone is 2. The summed E-state index contributed by atoms with van der Waals surface area (Å²) in [4.78, 5) is 38.3. The monoisotopic (exact) mass is 506 g/mol. The summed E-state index contributed by atoms with van der Waals surface area (Å²) in [7, 11) is 0. The van der Waals surface area contributed by atoms with Gasteiger partial charge in [0.1, 0.15) is 6.61 Å². The van der Waals surface area contributed by atoms with Crippen LogP contribution in [-0.2, 0) is 32.0 Å². The summed E-state index contributed by atoms with van der Waals surface area (Å²) in [6, 6.07) is 19.1. The summed E-state index contributed by atoms with van der Waals surface area (Å²) in [5, 5.41) is 15.4. The van der Waals surface area contributed by atoms with Gasteiger partial charge in [-0.05, 0) is 49.7 Å². The van der Waals surface area contributed by atoms with Gasteiger partial charge in [-0.2, -0.15) is 0 Å². The lowest BCUT2D eigenvalue weighted by atomic mass is 9.93. The van der Waals surface area contributed by atoms with Crippen molar-refractivity contribution in [3.63, 3.8) is 0 Å². The standard InChI is InChI=1S/C30H38N2O5/c33-22-27(20-24-13-7-4-8-14-24)32-28(34)21-25-15-9-1-2-10-16-26(19-23-11-5-3-6-12-23)30(36)37-18-17-31-29(25)35/h1,3-9,11-14,25-27,33H,2,10,15-22H2,(H,31,35)(H,32,34)/t25-,26-,27-/m1/s1. The zero-order valence-corrected chi connectivity index (χ0v) is 21.3. The number of rotatable bonds is 8. The third kappa shape index (κ3) is 10.2. The minimum Gasteiger partial charge on any atom is -0.464 e. The first-order valence-electron chi connectivity index (χ1n) is 13.1. The Morgan fingerprint density at radius 1 is 1.00 bits per heavy atom. The first-order chi connectivity index (χ1) is 18.0. The van der Waals surface area contributed by atoms with Gasteiger partial charge >= 0.3 is 5.97 Å². The molecule has 1 aliphatic rings. The molecule has 3 N–H and O–H groups in total. The SMILES string of the molecule is O=C(C[C@H]1CC=CCCC[C@H](Cc2ccccc2)C(=O)OCCNC1=O)N[C@@H](CO)Cc1ccccc1. The van der Waals surface area contributed by atoms with Gasteiger partial charge < -0.3 is 20.5 Å². The summed E-state index contributed by atoms with van der Waals surface area (Å²) in [5.41, 5.74) is 2.11. The molecule has 0 unspecified atom stereocenters. The van der Waals surface area contributed by atoms with Crippen molar-refractivity contribution in [1.82, 2.24) is 10.6 Å². The van der Waals surface area contributed by atoms with Crippen LogP contribution in [0.25, 0.3) is 0 Å². The topological polar surface area (TPSA) is 105 Å². The third-order valence-corrected chi connectivity index (χ3v) is 6.53. The Bertz CT molecular complexity index is 1010. The predicted molar refractivity (Wildman–Crippen MR) is 142 cm³/mol. The number of carbonyl (C=O) groups excluding carboxylic acids is 3. The molecule has 3 rings (SSSR count). The van der Waals surface area contributed by atoms with E-state index in [-0.39, 0.29) is 49.9 Å². The number of aliphatic hydroxyl groups excluding tert-OH is 1. The van der Waals surface area contributed by atoms with E-state index in [2.05, 4.69) is 10.6 Å². The highest BCUT2D eigenvalue weighted by Gasteiger charge is 2.24. The molecular weight excluding hydrogens is 468 g/mol. The van der Waals surface area contributed by atoms with Gasteiger partial charge in [0.25, 0.3) is 0 Å². The lowest BCUT2D eigenvalue weighted by Crippen LogP contribution is -2.42. The molecular formula is C30H38N2O5. The van der Waals surface area contributed by atoms with Crippen molar-refractivity contribution >= 4 is 17.8 Å². The predicted octanol–water partition coefficient (Wildman–Crippen LogP) is 3.36. The Balaban J connectivity index is 1.55. The summed E-state index contributed by atoms with van der Waals surface area (Å²) < 4.78 is 5.48. The molecule has 2 aromatic rings. The van der Waals surface area contributed by atoms with Crippen molar-refractivity contribution in [2.45, 2.75) is 51.0 Å². The Hall–Kier alpha value is -3.45. The van der Waals surface area contributed by atoms with Crippen molar-refractivity contribution in [2.75, 3.05) is 19.8 Å². The number of hydrogen-bond donors (Lipinski definition) is 3. The smallest absolute Gasteiger partial charge is 0.309 e. The average molecular weight is 507 g/mol. The van der Waals surface area contributed by atoms with E-state index >= 15 is 0 Å². The van der Waals surface area contributed by atoms with E-state index < -0.39 is 12.0 Å². The third-order valence-electron chi connectivity index (χ3n) is 6.53. The highest BCUT2D eigenvalue weighted by atomic mass is 16.5. The van der Waals surface area contributed by atoms with Gasteiger partial charge in [-0.3, -0.25) is 14.4 Å². The number of carbonyl (C=O) groups is 3. The second-order valence-electron chi connectivity index (χ2n) is 9.52. The van der Waals surface area contributed by atoms with Crippen LogP contribution in [0.15, 0.2) is 72.8 Å². The molecule has 2 aromatic carbocycles. The second-order valence-corrected chi connectivity index (χ2v) is 9.52. The molecule has 37 heavy (non-hydrogen) atoms. The van der Waals surface area contributed by atoms with Crippen LogP contribution in [0.3, 0.4) is 0 Å². The van der Waals surface area contributed by atoms with Gasteiger partial charge in [0.2, 0.25) is 11.8 Å². The Kier molecular flexibility index (Phi) is 11.9. The maximum Gasteiger partial charge on any atom is 0.309 e. The fraction of sp³-hybridized carbons (Fsp3) is 0.433. The molecule has 1 heterocycles. The van der Waals surface area contributed by atoms with E-state index in [1.54, 1.807) is 0 Å². The number of esters is 1. The van der Waals surface area contributed by atoms with Gasteiger partial charge in [-0.15, -0.1) is 0 Å². The molecule has 0 spiro atoms. The van der Waals surface area contributed by atoms with Crippen LogP contribution in [-0.4, -0.2) is 48.7 Å². The van der Waals surface area contributed by atoms with Crippen LogP contribution in [0.5, 0.6) is 0 Å². The lowest BCUT2D eigenvalue weighted by Gasteiger charge is -2.20. The van der Waals surface area contributed by atoms with Crippen LogP contribution >= 0.6 is 0 Å². The molecule has 3 atom stereocenters. The van der Waals surface area contributed by atoms with Crippen LogP contribution < -0.4 is 10.6 Å². The maximum absolute atomic E-state index is 12.8. The summed E-state index contributed by atoms with van der Waals surface area (Å²) in [6.45, 7) is 0.0973. The number of benzene rings is 2. The quantitative estimate of drug-likeness (QED) is 0.376. The molecule has 7 heteroatoms. The summed E-state index contributed by atoms with van der Waals surface area (Å²) in [5.74, 6) is -1.54. The highest BCUT2D eigenvalue weighted by Crippen LogP contribution is 2.19. The van der Waals surface area contributed by atoms with E-state index in [1.807, 2.05) is 72.8 Å². The zero-order valence-electron chi connectivity index (χ0n) is 21.3. The van der Waals surface area contributed by atoms with E-state index in [9.17, 15) is 19.5 Å². The summed E-state index contributed by atoms with van der Waals surface area (Å²) >= 11 is 0. The number of ether oxygens (including phenoxy) is 1. The van der Waals surface area contributed by atoms with Crippen LogP contribution in [0.2, 0.25) is 0 Å². The summed E-state index contributed by atoms with van der Waals surface area (Å²) in [6.07, 6.45) is 7.89. The van der Waals surface area contributed by atoms with E-state index in [0.29, 0.717) is 19.3 Å². The normalized spacial score (nSPS) is 20.2. The largest absolute Gasteiger partial charge is 0.464 e. The Morgan fingerprint density at radius 3 is 2.41 bits per heavy atom. The van der Waals surface area contributed by atoms with Crippen LogP contribution in [0, 0.1) is 11.8 Å². The number of hydrogen-bond acceptors (Lipinski definition) is 5. The maximum atomic E-state index is 12.8. The van der Waals surface area contributed by atoms with Gasteiger partial charge in [-0.25, -0.2) is 0 Å². The van der Waals surface area contributed by atoms with Gasteiger partial charge in [-0.1, -0.05) is 72.8 Å². The molecule has 1 aliphatic heterocycles. The molecule has 0 saturated heterocycles. The second kappa shape index (κ2) is 15.6. The van der Waals surface area contributed by atoms with E-state index in [4.69, 9.17) is 4.74 Å². The van der Waals surface area contributed by atoms with Crippen LogP contribution in [0.4, 0.5) is 0 Å². The van der Waals surface area contributed by atoms with Crippen molar-refractivity contribution in [1.29, 1.82) is 0 Å². The van der Waals surface area contributed by atoms with E-state index in [1.165, 1.54) is 0 Å². The average Bonchev–Trinajstić information content (AvgIpc) is 2.91. The van der Waals surface area contributed by atoms with Crippen molar-refractivity contribution in [2.24, 2.45) is 11.8 Å². The molecule has 0 aliphatic carbocycles. The van der Waals surface area contributed by atoms with Crippen molar-refractivity contribution in [3.05, 3.63) is 83.9 Å². The van der Waals surface area contributed by atoms with E-state index in [0.717, 1.165) is 30.4 Å². The molecule has 198 valence electrons. The number of nitrogens with one attached hydrogen (secondary N) is 2. The molecule has 0 bridgehead atoms. The fourth-order valence-corrected chi connectivity index (χ4v) is 4.50.